The Kier molecular flexibility index (Phi) is 5.15. The van der Waals surface area contributed by atoms with Gasteiger partial charge in [-0.25, -0.2) is 0 Å². The first-order valence-electron chi connectivity index (χ1n) is 6.62. The molecule has 1 heterocycles. The molecule has 0 spiro atoms. The molecule has 2 N–H and O–H groups in total. The Morgan fingerprint density at radius 2 is 2.13 bits per heavy atom. The third-order valence-electron chi connectivity index (χ3n) is 3.05. The lowest BCUT2D eigenvalue weighted by molar-refractivity contribution is -0.137. The molecule has 23 heavy (non-hydrogen) atoms. The summed E-state index contributed by atoms with van der Waals surface area (Å²) in [6, 6.07) is 3.74. The Morgan fingerprint density at radius 3 is 2.78 bits per heavy atom. The number of nitrogens with zero attached hydrogens (tertiary/aromatic N) is 2. The molecule has 1 aromatic carbocycles. The maximum atomic E-state index is 12.8. The van der Waals surface area contributed by atoms with Gasteiger partial charge < -0.3 is 10.6 Å². The Morgan fingerprint density at radius 1 is 1.39 bits per heavy atom. The number of hydrogen-bond acceptors (Lipinski definition) is 3. The Hall–Kier alpha value is -2.22. The first-order chi connectivity index (χ1) is 10.8. The fourth-order valence-electron chi connectivity index (χ4n) is 1.87. The summed E-state index contributed by atoms with van der Waals surface area (Å²) >= 11 is 5.57. The van der Waals surface area contributed by atoms with Crippen LogP contribution in [0.4, 0.5) is 18.9 Å². The van der Waals surface area contributed by atoms with Crippen LogP contribution in [0.2, 0.25) is 5.02 Å². The van der Waals surface area contributed by atoms with Crippen molar-refractivity contribution < 1.29 is 18.0 Å². The highest BCUT2D eigenvalue weighted by Gasteiger charge is 2.33. The van der Waals surface area contributed by atoms with Crippen molar-refractivity contribution >= 4 is 23.2 Å². The van der Waals surface area contributed by atoms with Crippen LogP contribution in [0.3, 0.4) is 0 Å². The van der Waals surface area contributed by atoms with Gasteiger partial charge in [0.2, 0.25) is 5.91 Å². The summed E-state index contributed by atoms with van der Waals surface area (Å²) in [5.74, 6) is -0.202. The molecular weight excluding hydrogens is 333 g/mol. The van der Waals surface area contributed by atoms with E-state index >= 15 is 0 Å². The third kappa shape index (κ3) is 4.62. The van der Waals surface area contributed by atoms with E-state index in [9.17, 15) is 18.0 Å². The highest BCUT2D eigenvalue weighted by atomic mass is 35.5. The van der Waals surface area contributed by atoms with Gasteiger partial charge in [-0.2, -0.15) is 18.3 Å². The van der Waals surface area contributed by atoms with E-state index in [-0.39, 0.29) is 24.0 Å². The van der Waals surface area contributed by atoms with Crippen LogP contribution in [-0.2, 0) is 24.1 Å². The van der Waals surface area contributed by atoms with Gasteiger partial charge >= 0.3 is 6.18 Å². The molecule has 0 aliphatic carbocycles. The molecule has 0 radical (unpaired) electrons. The second-order valence-electron chi connectivity index (χ2n) is 4.77. The second-order valence-corrected chi connectivity index (χ2v) is 5.17. The average Bonchev–Trinajstić information content (AvgIpc) is 2.92. The van der Waals surface area contributed by atoms with E-state index in [0.717, 1.165) is 6.07 Å². The second kappa shape index (κ2) is 6.91. The van der Waals surface area contributed by atoms with Gasteiger partial charge in [-0.15, -0.1) is 0 Å². The summed E-state index contributed by atoms with van der Waals surface area (Å²) in [4.78, 5) is 11.2. The summed E-state index contributed by atoms with van der Waals surface area (Å²) in [6.45, 7) is 0.239. The first-order valence-corrected chi connectivity index (χ1v) is 7.00. The molecule has 0 atom stereocenters. The first kappa shape index (κ1) is 17.1. The summed E-state index contributed by atoms with van der Waals surface area (Å²) in [6.07, 6.45) is -1.41. The van der Waals surface area contributed by atoms with Gasteiger partial charge in [0, 0.05) is 19.8 Å². The monoisotopic (exact) mass is 346 g/mol. The van der Waals surface area contributed by atoms with Gasteiger partial charge in [-0.3, -0.25) is 9.48 Å². The number of aromatic nitrogens is 2. The number of benzene rings is 1. The number of rotatable bonds is 5. The lowest BCUT2D eigenvalue weighted by Crippen LogP contribution is -2.23. The molecule has 0 bridgehead atoms. The highest BCUT2D eigenvalue weighted by Crippen LogP contribution is 2.35. The molecule has 5 nitrogen and oxygen atoms in total. The zero-order valence-electron chi connectivity index (χ0n) is 12.1. The van der Waals surface area contributed by atoms with Crippen LogP contribution in [0.1, 0.15) is 11.1 Å². The molecule has 9 heteroatoms. The summed E-state index contributed by atoms with van der Waals surface area (Å²) < 4.78 is 39.8. The van der Waals surface area contributed by atoms with E-state index in [1.165, 1.54) is 30.1 Å². The molecule has 0 saturated carbocycles. The van der Waals surface area contributed by atoms with Crippen LogP contribution in [0.25, 0.3) is 0 Å². The smallest absolute Gasteiger partial charge is 0.378 e. The van der Waals surface area contributed by atoms with Crippen LogP contribution >= 0.6 is 11.6 Å². The van der Waals surface area contributed by atoms with Gasteiger partial charge in [-0.05, 0) is 17.7 Å². The van der Waals surface area contributed by atoms with Gasteiger partial charge in [-0.1, -0.05) is 17.7 Å². The van der Waals surface area contributed by atoms with Gasteiger partial charge in [0.25, 0.3) is 0 Å². The molecule has 1 aromatic heterocycles. The molecule has 2 aromatic rings. The van der Waals surface area contributed by atoms with E-state index in [1.807, 2.05) is 0 Å². The number of amides is 1. The molecule has 0 saturated heterocycles. The predicted molar refractivity (Wildman–Crippen MR) is 80.1 cm³/mol. The average molecular weight is 347 g/mol. The molecule has 0 unspecified atom stereocenters. The standard InChI is InChI=1S/C14H14ClF3N4O/c1-19-13(23)8-22-7-10(6-21-22)20-5-9-2-3-12(15)11(4-9)14(16,17)18/h2-4,6-7,20H,5,8H2,1H3,(H,19,23). The highest BCUT2D eigenvalue weighted by molar-refractivity contribution is 6.31. The number of alkyl halides is 3. The van der Waals surface area contributed by atoms with Crippen molar-refractivity contribution in [3.63, 3.8) is 0 Å². The van der Waals surface area contributed by atoms with Crippen LogP contribution in [-0.4, -0.2) is 22.7 Å². The van der Waals surface area contributed by atoms with Crippen LogP contribution in [0.15, 0.2) is 30.6 Å². The quantitative estimate of drug-likeness (QED) is 0.875. The number of carbonyl (C=O) groups is 1. The summed E-state index contributed by atoms with van der Waals surface area (Å²) in [5, 5.41) is 9.06. The third-order valence-corrected chi connectivity index (χ3v) is 3.38. The maximum Gasteiger partial charge on any atom is 0.417 e. The molecule has 1 amide bonds. The molecule has 0 fully saturated rings. The van der Waals surface area contributed by atoms with E-state index < -0.39 is 11.7 Å². The van der Waals surface area contributed by atoms with Crippen molar-refractivity contribution in [1.29, 1.82) is 0 Å². The molecular formula is C14H14ClF3N4O. The number of hydrogen-bond donors (Lipinski definition) is 2. The molecule has 2 rings (SSSR count). The minimum absolute atomic E-state index is 0.0668. The van der Waals surface area contributed by atoms with Crippen molar-refractivity contribution in [2.75, 3.05) is 12.4 Å². The topological polar surface area (TPSA) is 59.0 Å². The lowest BCUT2D eigenvalue weighted by Gasteiger charge is -2.11. The van der Waals surface area contributed by atoms with Gasteiger partial charge in [0.1, 0.15) is 6.54 Å². The summed E-state index contributed by atoms with van der Waals surface area (Å²) in [7, 11) is 1.52. The molecule has 124 valence electrons. The van der Waals surface area contributed by atoms with Crippen molar-refractivity contribution in [3.8, 4) is 0 Å². The van der Waals surface area contributed by atoms with Crippen molar-refractivity contribution in [3.05, 3.63) is 46.7 Å². The zero-order chi connectivity index (χ0) is 17.0. The fourth-order valence-corrected chi connectivity index (χ4v) is 2.10. The largest absolute Gasteiger partial charge is 0.417 e. The minimum Gasteiger partial charge on any atom is -0.378 e. The Labute approximate surface area is 135 Å². The maximum absolute atomic E-state index is 12.8. The zero-order valence-corrected chi connectivity index (χ0v) is 12.9. The van der Waals surface area contributed by atoms with E-state index in [0.29, 0.717) is 11.3 Å². The van der Waals surface area contributed by atoms with E-state index in [4.69, 9.17) is 11.6 Å². The predicted octanol–water partition coefficient (Wildman–Crippen LogP) is 2.91. The van der Waals surface area contributed by atoms with E-state index in [1.54, 1.807) is 6.20 Å². The molecule has 0 aliphatic rings. The Balaban J connectivity index is 2.03. The van der Waals surface area contributed by atoms with E-state index in [2.05, 4.69) is 15.7 Å². The van der Waals surface area contributed by atoms with Crippen molar-refractivity contribution in [1.82, 2.24) is 15.1 Å². The number of likely N-dealkylation sites (N-methyl/N-ethyl adjacent to an activating group) is 1. The van der Waals surface area contributed by atoms with Crippen molar-refractivity contribution in [2.24, 2.45) is 0 Å². The Bertz CT molecular complexity index is 700. The number of halogens is 4. The van der Waals surface area contributed by atoms with Crippen LogP contribution in [0, 0.1) is 0 Å². The minimum atomic E-state index is -4.49. The molecule has 0 aliphatic heterocycles. The van der Waals surface area contributed by atoms with Gasteiger partial charge in [0.15, 0.2) is 0 Å². The van der Waals surface area contributed by atoms with Crippen molar-refractivity contribution in [2.45, 2.75) is 19.3 Å². The lowest BCUT2D eigenvalue weighted by atomic mass is 10.1. The number of carbonyl (C=O) groups excluding carboxylic acids is 1. The normalized spacial score (nSPS) is 11.3. The van der Waals surface area contributed by atoms with Crippen LogP contribution < -0.4 is 10.6 Å². The number of nitrogens with one attached hydrogen (secondary N) is 2. The number of anilines is 1. The summed E-state index contributed by atoms with van der Waals surface area (Å²) in [5.41, 5.74) is 0.159. The fraction of sp³-hybridized carbons (Fsp3) is 0.286. The van der Waals surface area contributed by atoms with Gasteiger partial charge in [0.05, 0.1) is 22.5 Å². The van der Waals surface area contributed by atoms with Crippen LogP contribution in [0.5, 0.6) is 0 Å². The SMILES string of the molecule is CNC(=O)Cn1cc(NCc2ccc(Cl)c(C(F)(F)F)c2)cn1.